The molecule has 3 aromatic rings. The number of carboxylic acid groups (broad SMARTS) is 1. The van der Waals surface area contributed by atoms with Crippen molar-refractivity contribution in [2.75, 3.05) is 13.1 Å². The van der Waals surface area contributed by atoms with Crippen LogP contribution in [0.2, 0.25) is 10.0 Å². The Kier molecular flexibility index (Phi) is 6.79. The summed E-state index contributed by atoms with van der Waals surface area (Å²) < 4.78 is 0. The molecule has 0 bridgehead atoms. The van der Waals surface area contributed by atoms with E-state index in [1.807, 2.05) is 35.2 Å². The van der Waals surface area contributed by atoms with Gasteiger partial charge in [-0.1, -0.05) is 35.3 Å². The van der Waals surface area contributed by atoms with Gasteiger partial charge in [0.2, 0.25) is 5.91 Å². The molecule has 152 valence electrons. The molecular formula is C21H21Cl2N3O3. The Labute approximate surface area is 178 Å². The zero-order valence-corrected chi connectivity index (χ0v) is 17.1. The Morgan fingerprint density at radius 2 is 1.86 bits per heavy atom. The number of nitrogens with zero attached hydrogens (tertiary/aromatic N) is 1. The van der Waals surface area contributed by atoms with Crippen LogP contribution >= 0.6 is 23.2 Å². The normalized spacial score (nSPS) is 14.0. The average molecular weight is 434 g/mol. The van der Waals surface area contributed by atoms with Crippen molar-refractivity contribution >= 4 is 46.5 Å². The largest absolute Gasteiger partial charge is 0.483 e. The number of H-pyrrole nitrogens is 1. The minimum atomic E-state index is -0.354. The number of amides is 1. The smallest absolute Gasteiger partial charge is 0.290 e. The van der Waals surface area contributed by atoms with Gasteiger partial charge in [-0.3, -0.25) is 9.59 Å². The van der Waals surface area contributed by atoms with Crippen molar-refractivity contribution in [3.63, 3.8) is 0 Å². The summed E-state index contributed by atoms with van der Waals surface area (Å²) in [5, 5.41) is 9.41. The van der Waals surface area contributed by atoms with E-state index in [-0.39, 0.29) is 24.8 Å². The van der Waals surface area contributed by atoms with E-state index in [1.165, 1.54) is 5.56 Å². The van der Waals surface area contributed by atoms with E-state index in [1.54, 1.807) is 12.1 Å². The van der Waals surface area contributed by atoms with E-state index in [2.05, 4.69) is 4.98 Å². The summed E-state index contributed by atoms with van der Waals surface area (Å²) in [7, 11) is 0. The lowest BCUT2D eigenvalue weighted by Crippen LogP contribution is -2.41. The molecule has 1 amide bonds. The van der Waals surface area contributed by atoms with Gasteiger partial charge in [0.1, 0.15) is 0 Å². The molecule has 0 radical (unpaired) electrons. The second-order valence-corrected chi connectivity index (χ2v) is 7.60. The van der Waals surface area contributed by atoms with Gasteiger partial charge < -0.3 is 20.7 Å². The van der Waals surface area contributed by atoms with Crippen LogP contribution in [0, 0.1) is 0 Å². The summed E-state index contributed by atoms with van der Waals surface area (Å²) in [5.74, 6) is -0.301. The molecule has 8 heteroatoms. The molecule has 0 aliphatic carbocycles. The second kappa shape index (κ2) is 9.31. The van der Waals surface area contributed by atoms with Crippen LogP contribution in [0.5, 0.6) is 0 Å². The number of rotatable bonds is 3. The van der Waals surface area contributed by atoms with Gasteiger partial charge in [0.05, 0.1) is 12.5 Å². The van der Waals surface area contributed by atoms with Crippen LogP contribution in [0.1, 0.15) is 22.7 Å². The van der Waals surface area contributed by atoms with Crippen molar-refractivity contribution in [3.05, 3.63) is 69.3 Å². The molecular weight excluding hydrogens is 413 g/mol. The third-order valence-electron chi connectivity index (χ3n) is 5.06. The molecule has 0 spiro atoms. The molecule has 6 nitrogen and oxygen atoms in total. The first-order valence-corrected chi connectivity index (χ1v) is 9.85. The maximum Gasteiger partial charge on any atom is 0.290 e. The van der Waals surface area contributed by atoms with E-state index in [0.29, 0.717) is 18.1 Å². The third-order valence-corrected chi connectivity index (χ3v) is 5.54. The number of nitrogens with one attached hydrogen (secondary N) is 1. The first kappa shape index (κ1) is 21.2. The van der Waals surface area contributed by atoms with Gasteiger partial charge in [-0.25, -0.2) is 0 Å². The van der Waals surface area contributed by atoms with Crippen LogP contribution in [-0.4, -0.2) is 40.5 Å². The van der Waals surface area contributed by atoms with Crippen molar-refractivity contribution in [2.45, 2.75) is 18.9 Å². The number of hydrogen-bond acceptors (Lipinski definition) is 3. The molecule has 4 rings (SSSR count). The van der Waals surface area contributed by atoms with Crippen molar-refractivity contribution < 1.29 is 14.7 Å². The molecule has 4 N–H and O–H groups in total. The zero-order valence-electron chi connectivity index (χ0n) is 15.6. The van der Waals surface area contributed by atoms with Gasteiger partial charge >= 0.3 is 0 Å². The number of aromatic amines is 1. The standard InChI is InChI=1S/C20H19Cl2N3O.CH2O2/c21-13-3-1-12(2-4-13)17(10-23)20(26)25-8-7-15-16-9-14(22)5-6-18(16)24-19(15)11-25;2-1-3/h1-6,9,17,24H,7-8,10-11,23H2;1H,(H,2,3). The quantitative estimate of drug-likeness (QED) is 0.546. The van der Waals surface area contributed by atoms with Crippen LogP contribution < -0.4 is 5.73 Å². The molecule has 0 saturated carbocycles. The SMILES string of the molecule is NCC(C(=O)N1CCc2c([nH]c3ccc(Cl)cc23)C1)c1ccc(Cl)cc1.O=CO. The van der Waals surface area contributed by atoms with Crippen LogP contribution in [0.15, 0.2) is 42.5 Å². The average Bonchev–Trinajstić information content (AvgIpc) is 3.07. The molecule has 0 saturated heterocycles. The summed E-state index contributed by atoms with van der Waals surface area (Å²) in [6.07, 6.45) is 0.805. The van der Waals surface area contributed by atoms with Gasteiger partial charge in [0, 0.05) is 39.7 Å². The summed E-state index contributed by atoms with van der Waals surface area (Å²) in [6, 6.07) is 13.2. The summed E-state index contributed by atoms with van der Waals surface area (Å²) in [5.41, 5.74) is 10.2. The van der Waals surface area contributed by atoms with Gasteiger partial charge in [-0.15, -0.1) is 0 Å². The molecule has 29 heavy (non-hydrogen) atoms. The highest BCUT2D eigenvalue weighted by Crippen LogP contribution is 2.31. The number of halogens is 2. The minimum absolute atomic E-state index is 0.0529. The van der Waals surface area contributed by atoms with E-state index < -0.39 is 0 Å². The monoisotopic (exact) mass is 433 g/mol. The van der Waals surface area contributed by atoms with Gasteiger partial charge in [-0.05, 0) is 47.9 Å². The number of benzene rings is 2. The summed E-state index contributed by atoms with van der Waals surface area (Å²) in [4.78, 5) is 26.7. The lowest BCUT2D eigenvalue weighted by atomic mass is 9.96. The number of carbonyl (C=O) groups excluding carboxylic acids is 1. The summed E-state index contributed by atoms with van der Waals surface area (Å²) in [6.45, 7) is 1.26. The number of aromatic nitrogens is 1. The fraction of sp³-hybridized carbons (Fsp3) is 0.238. The van der Waals surface area contributed by atoms with Crippen LogP contribution in [0.4, 0.5) is 0 Å². The molecule has 2 heterocycles. The zero-order chi connectivity index (χ0) is 21.0. The van der Waals surface area contributed by atoms with Crippen molar-refractivity contribution in [2.24, 2.45) is 5.73 Å². The van der Waals surface area contributed by atoms with Gasteiger partial charge in [0.25, 0.3) is 6.47 Å². The highest BCUT2D eigenvalue weighted by atomic mass is 35.5. The van der Waals surface area contributed by atoms with Gasteiger partial charge in [-0.2, -0.15) is 0 Å². The molecule has 1 aliphatic heterocycles. The first-order chi connectivity index (χ1) is 14.0. The predicted octanol–water partition coefficient (Wildman–Crippen LogP) is 3.80. The maximum atomic E-state index is 13.1. The lowest BCUT2D eigenvalue weighted by Gasteiger charge is -2.30. The molecule has 1 atom stereocenters. The summed E-state index contributed by atoms with van der Waals surface area (Å²) >= 11 is 12.1. The van der Waals surface area contributed by atoms with Crippen LogP contribution in [-0.2, 0) is 22.6 Å². The Balaban J connectivity index is 0.000000755. The molecule has 1 aliphatic rings. The Morgan fingerprint density at radius 3 is 2.52 bits per heavy atom. The molecule has 1 unspecified atom stereocenters. The predicted molar refractivity (Wildman–Crippen MR) is 114 cm³/mol. The lowest BCUT2D eigenvalue weighted by molar-refractivity contribution is -0.133. The Morgan fingerprint density at radius 1 is 1.21 bits per heavy atom. The highest BCUT2D eigenvalue weighted by Gasteiger charge is 2.29. The number of hydrogen-bond donors (Lipinski definition) is 3. The van der Waals surface area contributed by atoms with Crippen LogP contribution in [0.3, 0.4) is 0 Å². The van der Waals surface area contributed by atoms with Crippen LogP contribution in [0.25, 0.3) is 10.9 Å². The fourth-order valence-corrected chi connectivity index (χ4v) is 3.99. The maximum absolute atomic E-state index is 13.1. The number of fused-ring (bicyclic) bond motifs is 3. The minimum Gasteiger partial charge on any atom is -0.483 e. The number of nitrogens with two attached hydrogens (primary N) is 1. The first-order valence-electron chi connectivity index (χ1n) is 9.09. The van der Waals surface area contributed by atoms with Gasteiger partial charge in [0.15, 0.2) is 0 Å². The van der Waals surface area contributed by atoms with Crippen molar-refractivity contribution in [1.82, 2.24) is 9.88 Å². The third kappa shape index (κ3) is 4.56. The topological polar surface area (TPSA) is 99.4 Å². The molecule has 2 aromatic carbocycles. The van der Waals surface area contributed by atoms with Crippen molar-refractivity contribution in [1.29, 1.82) is 0 Å². The van der Waals surface area contributed by atoms with Crippen molar-refractivity contribution in [3.8, 4) is 0 Å². The van der Waals surface area contributed by atoms with E-state index >= 15 is 0 Å². The van der Waals surface area contributed by atoms with E-state index in [4.69, 9.17) is 38.8 Å². The Hall–Kier alpha value is -2.54. The van der Waals surface area contributed by atoms with E-state index in [9.17, 15) is 4.79 Å². The fourth-order valence-electron chi connectivity index (χ4n) is 3.70. The second-order valence-electron chi connectivity index (χ2n) is 6.73. The number of carbonyl (C=O) groups is 2. The van der Waals surface area contributed by atoms with E-state index in [0.717, 1.165) is 33.6 Å². The molecule has 0 fully saturated rings. The molecule has 1 aromatic heterocycles. The highest BCUT2D eigenvalue weighted by molar-refractivity contribution is 6.31. The Bertz CT molecular complexity index is 1020.